The molecular weight excluding hydrogens is 222 g/mol. The molecular formula is C7H10BrN3O. The second-order valence-electron chi connectivity index (χ2n) is 2.35. The van der Waals surface area contributed by atoms with E-state index in [1.54, 1.807) is 19.5 Å². The molecule has 12 heavy (non-hydrogen) atoms. The van der Waals surface area contributed by atoms with E-state index in [0.717, 1.165) is 10.2 Å². The quantitative estimate of drug-likeness (QED) is 0.741. The predicted molar refractivity (Wildman–Crippen MR) is 50.3 cm³/mol. The van der Waals surface area contributed by atoms with Gasteiger partial charge in [0.15, 0.2) is 0 Å². The molecule has 0 aromatic carbocycles. The Morgan fingerprint density at radius 1 is 1.83 bits per heavy atom. The summed E-state index contributed by atoms with van der Waals surface area (Å²) in [6, 6.07) is 0. The number of rotatable bonds is 3. The second kappa shape index (κ2) is 4.37. The lowest BCUT2D eigenvalue weighted by molar-refractivity contribution is 0.244. The zero-order valence-corrected chi connectivity index (χ0v) is 8.58. The Balaban J connectivity index is 2.67. The van der Waals surface area contributed by atoms with Gasteiger partial charge in [0, 0.05) is 7.11 Å². The number of halogens is 1. The number of aromatic nitrogens is 2. The first-order valence-electron chi connectivity index (χ1n) is 3.46. The highest BCUT2D eigenvalue weighted by atomic mass is 79.9. The lowest BCUT2D eigenvalue weighted by Crippen LogP contribution is -2.04. The van der Waals surface area contributed by atoms with Crippen molar-refractivity contribution in [3.05, 3.63) is 16.9 Å². The smallest absolute Gasteiger partial charge is 0.0860 e. The third-order valence-electron chi connectivity index (χ3n) is 1.16. The van der Waals surface area contributed by atoms with Gasteiger partial charge < -0.3 is 4.74 Å². The molecule has 0 aliphatic rings. The van der Waals surface area contributed by atoms with E-state index in [1.165, 1.54) is 4.79 Å². The fourth-order valence-corrected chi connectivity index (χ4v) is 1.03. The second-order valence-corrected chi connectivity index (χ2v) is 3.26. The van der Waals surface area contributed by atoms with Gasteiger partial charge in [0.2, 0.25) is 0 Å². The maximum Gasteiger partial charge on any atom is 0.0860 e. The monoisotopic (exact) mass is 231 g/mol. The number of nitrogens with zero attached hydrogens (tertiary/aromatic N) is 3. The van der Waals surface area contributed by atoms with Crippen LogP contribution in [0.1, 0.15) is 6.92 Å². The van der Waals surface area contributed by atoms with Gasteiger partial charge in [0.05, 0.1) is 29.2 Å². The Bertz CT molecular complexity index is 282. The van der Waals surface area contributed by atoms with E-state index >= 15 is 0 Å². The normalized spacial score (nSPS) is 12.1. The molecule has 1 rings (SSSR count). The van der Waals surface area contributed by atoms with Crippen LogP contribution in [0.15, 0.2) is 22.0 Å². The van der Waals surface area contributed by atoms with E-state index in [-0.39, 0.29) is 0 Å². The van der Waals surface area contributed by atoms with Crippen LogP contribution in [0.3, 0.4) is 0 Å². The first-order valence-corrected chi connectivity index (χ1v) is 4.25. The minimum absolute atomic E-state index is 0.525. The molecule has 0 aliphatic carbocycles. The number of methoxy groups -OCH3 is 1. The van der Waals surface area contributed by atoms with Gasteiger partial charge in [-0.05, 0) is 22.9 Å². The maximum absolute atomic E-state index is 4.90. The van der Waals surface area contributed by atoms with Crippen LogP contribution in [0.25, 0.3) is 0 Å². The zero-order valence-electron chi connectivity index (χ0n) is 6.99. The fourth-order valence-electron chi connectivity index (χ4n) is 0.759. The van der Waals surface area contributed by atoms with Crippen molar-refractivity contribution in [2.45, 2.75) is 6.92 Å². The summed E-state index contributed by atoms with van der Waals surface area (Å²) in [4.78, 5) is 1.50. The average molecular weight is 232 g/mol. The predicted octanol–water partition coefficient (Wildman–Crippen LogP) is 1.52. The molecule has 4 nitrogen and oxygen atoms in total. The van der Waals surface area contributed by atoms with Gasteiger partial charge in [-0.1, -0.05) is 0 Å². The third-order valence-corrected chi connectivity index (χ3v) is 1.57. The summed E-state index contributed by atoms with van der Waals surface area (Å²) in [5.74, 6) is 0. The van der Waals surface area contributed by atoms with Crippen molar-refractivity contribution in [1.29, 1.82) is 0 Å². The Morgan fingerprint density at radius 2 is 2.58 bits per heavy atom. The van der Waals surface area contributed by atoms with E-state index in [0.29, 0.717) is 6.61 Å². The van der Waals surface area contributed by atoms with Gasteiger partial charge in [-0.2, -0.15) is 15.0 Å². The molecule has 1 heterocycles. The summed E-state index contributed by atoms with van der Waals surface area (Å²) in [6.07, 6.45) is 3.46. The highest BCUT2D eigenvalue weighted by molar-refractivity contribution is 9.10. The summed E-state index contributed by atoms with van der Waals surface area (Å²) in [7, 11) is 1.64. The van der Waals surface area contributed by atoms with Gasteiger partial charge in [0.25, 0.3) is 0 Å². The largest absolute Gasteiger partial charge is 0.379 e. The van der Waals surface area contributed by atoms with Crippen LogP contribution in [-0.4, -0.2) is 29.3 Å². The van der Waals surface area contributed by atoms with E-state index in [2.05, 4.69) is 26.1 Å². The topological polar surface area (TPSA) is 39.4 Å². The number of hydrogen-bond acceptors (Lipinski definition) is 3. The Kier molecular flexibility index (Phi) is 3.43. The van der Waals surface area contributed by atoms with Crippen LogP contribution in [0, 0.1) is 0 Å². The summed E-state index contributed by atoms with van der Waals surface area (Å²) in [5.41, 5.74) is 0.883. The number of hydrogen-bond donors (Lipinski definition) is 0. The van der Waals surface area contributed by atoms with Crippen LogP contribution < -0.4 is 0 Å². The standard InChI is InChI=1S/C7H10BrN3O/c1-6(5-12-2)10-11-4-7(8)3-9-11/h3-4H,5H2,1-2H3/b10-6+. The van der Waals surface area contributed by atoms with Crippen molar-refractivity contribution >= 4 is 21.6 Å². The van der Waals surface area contributed by atoms with Gasteiger partial charge in [-0.25, -0.2) is 0 Å². The van der Waals surface area contributed by atoms with Crippen molar-refractivity contribution < 1.29 is 4.74 Å². The Hall–Kier alpha value is -0.680. The van der Waals surface area contributed by atoms with E-state index < -0.39 is 0 Å². The molecule has 1 aromatic heterocycles. The van der Waals surface area contributed by atoms with Crippen LogP contribution in [0.2, 0.25) is 0 Å². The van der Waals surface area contributed by atoms with Crippen LogP contribution >= 0.6 is 15.9 Å². The molecule has 5 heteroatoms. The number of ether oxygens (including phenoxy) is 1. The molecule has 66 valence electrons. The Morgan fingerprint density at radius 3 is 3.08 bits per heavy atom. The summed E-state index contributed by atoms with van der Waals surface area (Å²) in [6.45, 7) is 2.41. The molecule has 0 saturated carbocycles. The molecule has 0 radical (unpaired) electrons. The van der Waals surface area contributed by atoms with Crippen LogP contribution in [0.5, 0.6) is 0 Å². The van der Waals surface area contributed by atoms with E-state index in [9.17, 15) is 0 Å². The molecule has 0 atom stereocenters. The molecule has 0 unspecified atom stereocenters. The molecule has 0 aliphatic heterocycles. The first kappa shape index (κ1) is 9.41. The van der Waals surface area contributed by atoms with E-state index in [1.807, 2.05) is 6.92 Å². The van der Waals surface area contributed by atoms with Crippen molar-refractivity contribution in [3.63, 3.8) is 0 Å². The first-order chi connectivity index (χ1) is 5.72. The van der Waals surface area contributed by atoms with E-state index in [4.69, 9.17) is 4.74 Å². The maximum atomic E-state index is 4.90. The Labute approximate surface area is 79.3 Å². The van der Waals surface area contributed by atoms with Crippen molar-refractivity contribution in [3.8, 4) is 0 Å². The van der Waals surface area contributed by atoms with Crippen molar-refractivity contribution in [2.75, 3.05) is 13.7 Å². The summed E-state index contributed by atoms with van der Waals surface area (Å²) in [5, 5.41) is 8.10. The average Bonchev–Trinajstić information content (AvgIpc) is 2.36. The van der Waals surface area contributed by atoms with Gasteiger partial charge in [0.1, 0.15) is 0 Å². The molecule has 0 spiro atoms. The summed E-state index contributed by atoms with van der Waals surface area (Å²) < 4.78 is 5.81. The molecule has 1 aromatic rings. The van der Waals surface area contributed by atoms with Crippen LogP contribution in [0.4, 0.5) is 0 Å². The van der Waals surface area contributed by atoms with Crippen molar-refractivity contribution in [2.24, 2.45) is 5.10 Å². The SMILES string of the molecule is COC/C(C)=N/n1cc(Br)cn1. The van der Waals surface area contributed by atoms with Crippen molar-refractivity contribution in [1.82, 2.24) is 9.89 Å². The van der Waals surface area contributed by atoms with Crippen LogP contribution in [-0.2, 0) is 4.74 Å². The highest BCUT2D eigenvalue weighted by Gasteiger charge is 1.93. The highest BCUT2D eigenvalue weighted by Crippen LogP contribution is 2.05. The minimum atomic E-state index is 0.525. The lowest BCUT2D eigenvalue weighted by atomic mass is 10.5. The summed E-state index contributed by atoms with van der Waals surface area (Å²) >= 11 is 3.28. The van der Waals surface area contributed by atoms with Gasteiger partial charge in [-0.15, -0.1) is 0 Å². The molecule has 0 saturated heterocycles. The zero-order chi connectivity index (χ0) is 8.97. The molecule has 0 fully saturated rings. The van der Waals surface area contributed by atoms with Gasteiger partial charge in [-0.3, -0.25) is 0 Å². The minimum Gasteiger partial charge on any atom is -0.379 e. The molecule has 0 N–H and O–H groups in total. The van der Waals surface area contributed by atoms with Gasteiger partial charge >= 0.3 is 0 Å². The molecule has 0 bridgehead atoms. The third kappa shape index (κ3) is 2.75. The lowest BCUT2D eigenvalue weighted by Gasteiger charge is -1.96. The molecule has 0 amide bonds. The fraction of sp³-hybridized carbons (Fsp3) is 0.429.